The molecule has 3 N–H and O–H groups in total. The quantitative estimate of drug-likeness (QED) is 0.662. The van der Waals surface area contributed by atoms with Gasteiger partial charge in [-0.25, -0.2) is 0 Å². The molecule has 118 valence electrons. The second-order valence-corrected chi connectivity index (χ2v) is 5.60. The number of aromatic hydroxyl groups is 1. The lowest BCUT2D eigenvalue weighted by molar-refractivity contribution is 0.0821. The number of benzene rings is 1. The third kappa shape index (κ3) is 5.19. The van der Waals surface area contributed by atoms with Crippen molar-refractivity contribution in [1.29, 1.82) is 0 Å². The van der Waals surface area contributed by atoms with Gasteiger partial charge in [0.25, 0.3) is 0 Å². The van der Waals surface area contributed by atoms with Crippen molar-refractivity contribution in [2.24, 2.45) is 0 Å². The minimum atomic E-state index is -0.0996. The molecule has 0 atom stereocenters. The van der Waals surface area contributed by atoms with E-state index < -0.39 is 0 Å². The van der Waals surface area contributed by atoms with Crippen LogP contribution in [0, 0.1) is 0 Å². The number of phenols is 1. The maximum atomic E-state index is 9.86. The molecule has 5 heteroatoms. The number of piperidine rings is 1. The minimum Gasteiger partial charge on any atom is -0.507 e. The second kappa shape index (κ2) is 8.22. The Balaban J connectivity index is 1.61. The summed E-state index contributed by atoms with van der Waals surface area (Å²) in [6.45, 7) is 4.65. The molecular formula is C16H26N2O3. The summed E-state index contributed by atoms with van der Waals surface area (Å²) in [4.78, 5) is 2.40. The van der Waals surface area contributed by atoms with Gasteiger partial charge in [-0.1, -0.05) is 6.07 Å². The molecule has 0 bridgehead atoms. The number of phenolic OH excluding ortho intramolecular Hbond substituents is 1. The fraction of sp³-hybridized carbons (Fsp3) is 0.625. The topological polar surface area (TPSA) is 65.0 Å². The number of likely N-dealkylation sites (tertiary alicyclic amines) is 1. The van der Waals surface area contributed by atoms with Gasteiger partial charge >= 0.3 is 0 Å². The summed E-state index contributed by atoms with van der Waals surface area (Å²) in [6, 6.07) is 5.37. The molecule has 5 nitrogen and oxygen atoms in total. The Morgan fingerprint density at radius 1 is 1.33 bits per heavy atom. The number of hydrogen-bond acceptors (Lipinski definition) is 5. The van der Waals surface area contributed by atoms with Crippen molar-refractivity contribution in [3.63, 3.8) is 0 Å². The zero-order chi connectivity index (χ0) is 15.1. The monoisotopic (exact) mass is 294 g/mol. The van der Waals surface area contributed by atoms with Crippen LogP contribution >= 0.6 is 0 Å². The van der Waals surface area contributed by atoms with E-state index in [-0.39, 0.29) is 11.9 Å². The van der Waals surface area contributed by atoms with Gasteiger partial charge < -0.3 is 25.2 Å². The van der Waals surface area contributed by atoms with Crippen molar-refractivity contribution in [3.8, 4) is 11.5 Å². The molecule has 1 aromatic carbocycles. The molecule has 0 radical (unpaired) electrons. The lowest BCUT2D eigenvalue weighted by Gasteiger charge is -2.29. The first-order valence-electron chi connectivity index (χ1n) is 7.66. The zero-order valence-corrected chi connectivity index (χ0v) is 12.7. The van der Waals surface area contributed by atoms with Crippen LogP contribution in [0.1, 0.15) is 24.8 Å². The van der Waals surface area contributed by atoms with Crippen LogP contribution in [0.15, 0.2) is 18.2 Å². The third-order valence-electron chi connectivity index (χ3n) is 3.99. The van der Waals surface area contributed by atoms with Crippen LogP contribution in [0.4, 0.5) is 0 Å². The van der Waals surface area contributed by atoms with Gasteiger partial charge in [-0.15, -0.1) is 0 Å². The van der Waals surface area contributed by atoms with Crippen LogP contribution < -0.4 is 10.1 Å². The van der Waals surface area contributed by atoms with Gasteiger partial charge in [0.1, 0.15) is 11.5 Å². The highest BCUT2D eigenvalue weighted by molar-refractivity contribution is 5.39. The summed E-state index contributed by atoms with van der Waals surface area (Å²) in [6.07, 6.45) is 2.77. The third-order valence-corrected chi connectivity index (χ3v) is 3.99. The van der Waals surface area contributed by atoms with E-state index in [1.165, 1.54) is 0 Å². The van der Waals surface area contributed by atoms with E-state index in [0.717, 1.165) is 51.0 Å². The molecule has 1 fully saturated rings. The summed E-state index contributed by atoms with van der Waals surface area (Å²) < 4.78 is 5.06. The molecule has 0 aliphatic carbocycles. The van der Waals surface area contributed by atoms with Crippen molar-refractivity contribution in [2.45, 2.75) is 31.9 Å². The Morgan fingerprint density at radius 2 is 2.10 bits per heavy atom. The van der Waals surface area contributed by atoms with Gasteiger partial charge in [-0.05, 0) is 38.4 Å². The van der Waals surface area contributed by atoms with E-state index in [1.54, 1.807) is 13.2 Å². The zero-order valence-electron chi connectivity index (χ0n) is 12.7. The molecule has 2 rings (SSSR count). The van der Waals surface area contributed by atoms with Crippen LogP contribution in [-0.4, -0.2) is 54.5 Å². The highest BCUT2D eigenvalue weighted by Crippen LogP contribution is 2.23. The first-order chi connectivity index (χ1) is 10.2. The summed E-state index contributed by atoms with van der Waals surface area (Å²) in [5.74, 6) is 0.940. The van der Waals surface area contributed by atoms with E-state index in [4.69, 9.17) is 4.74 Å². The molecule has 1 heterocycles. The predicted octanol–water partition coefficient (Wildman–Crippen LogP) is 1.34. The van der Waals surface area contributed by atoms with Crippen molar-refractivity contribution < 1.29 is 14.9 Å². The van der Waals surface area contributed by atoms with Crippen LogP contribution in [-0.2, 0) is 6.54 Å². The number of hydrogen-bond donors (Lipinski definition) is 3. The highest BCUT2D eigenvalue weighted by Gasteiger charge is 2.15. The lowest BCUT2D eigenvalue weighted by Crippen LogP contribution is -2.37. The average molecular weight is 294 g/mol. The molecule has 21 heavy (non-hydrogen) atoms. The number of rotatable bonds is 7. The number of aliphatic hydroxyl groups is 1. The molecule has 0 saturated carbocycles. The molecule has 1 aliphatic heterocycles. The molecule has 0 aromatic heterocycles. The van der Waals surface area contributed by atoms with Crippen molar-refractivity contribution in [1.82, 2.24) is 10.2 Å². The van der Waals surface area contributed by atoms with E-state index in [1.807, 2.05) is 12.1 Å². The van der Waals surface area contributed by atoms with E-state index >= 15 is 0 Å². The van der Waals surface area contributed by atoms with Gasteiger partial charge in [0.15, 0.2) is 0 Å². The van der Waals surface area contributed by atoms with Crippen LogP contribution in [0.5, 0.6) is 11.5 Å². The van der Waals surface area contributed by atoms with Crippen LogP contribution in [0.2, 0.25) is 0 Å². The molecule has 0 unspecified atom stereocenters. The molecule has 0 spiro atoms. The normalized spacial score (nSPS) is 17.0. The second-order valence-electron chi connectivity index (χ2n) is 5.60. The standard InChI is InChI=1S/C16H26N2O3/c1-21-15-4-3-13(16(20)11-15)12-17-7-2-8-18-9-5-14(19)6-10-18/h3-4,11,14,17,19-20H,2,5-10,12H2,1H3. The number of nitrogens with zero attached hydrogens (tertiary/aromatic N) is 1. The molecular weight excluding hydrogens is 268 g/mol. The summed E-state index contributed by atoms with van der Waals surface area (Å²) in [5.41, 5.74) is 0.886. The summed E-state index contributed by atoms with van der Waals surface area (Å²) >= 11 is 0. The van der Waals surface area contributed by atoms with Gasteiger partial charge in [-0.3, -0.25) is 0 Å². The van der Waals surface area contributed by atoms with Gasteiger partial charge in [-0.2, -0.15) is 0 Å². The Hall–Kier alpha value is -1.30. The SMILES string of the molecule is COc1ccc(CNCCCN2CCC(O)CC2)c(O)c1. The fourth-order valence-corrected chi connectivity index (χ4v) is 2.61. The maximum absolute atomic E-state index is 9.86. The first-order valence-corrected chi connectivity index (χ1v) is 7.66. The van der Waals surface area contributed by atoms with E-state index in [0.29, 0.717) is 12.3 Å². The smallest absolute Gasteiger partial charge is 0.123 e. The Labute approximate surface area is 126 Å². The van der Waals surface area contributed by atoms with Gasteiger partial charge in [0.2, 0.25) is 0 Å². The number of aliphatic hydroxyl groups excluding tert-OH is 1. The van der Waals surface area contributed by atoms with Gasteiger partial charge in [0.05, 0.1) is 13.2 Å². The lowest BCUT2D eigenvalue weighted by atomic mass is 10.1. The molecule has 1 aromatic rings. The van der Waals surface area contributed by atoms with Crippen molar-refractivity contribution in [3.05, 3.63) is 23.8 Å². The van der Waals surface area contributed by atoms with Crippen LogP contribution in [0.25, 0.3) is 0 Å². The minimum absolute atomic E-state index is 0.0996. The largest absolute Gasteiger partial charge is 0.507 e. The fourth-order valence-electron chi connectivity index (χ4n) is 2.61. The highest BCUT2D eigenvalue weighted by atomic mass is 16.5. The predicted molar refractivity (Wildman–Crippen MR) is 82.7 cm³/mol. The summed E-state index contributed by atoms with van der Waals surface area (Å²) in [5, 5.41) is 22.7. The van der Waals surface area contributed by atoms with Crippen LogP contribution in [0.3, 0.4) is 0 Å². The maximum Gasteiger partial charge on any atom is 0.123 e. The van der Waals surface area contributed by atoms with Crippen molar-refractivity contribution in [2.75, 3.05) is 33.3 Å². The number of nitrogens with one attached hydrogen (secondary N) is 1. The number of ether oxygens (including phenoxy) is 1. The van der Waals surface area contributed by atoms with E-state index in [9.17, 15) is 10.2 Å². The Bertz CT molecular complexity index is 432. The molecule has 1 saturated heterocycles. The Kier molecular flexibility index (Phi) is 6.29. The molecule has 0 amide bonds. The van der Waals surface area contributed by atoms with Crippen molar-refractivity contribution >= 4 is 0 Å². The average Bonchev–Trinajstić information content (AvgIpc) is 2.50. The van der Waals surface area contributed by atoms with E-state index in [2.05, 4.69) is 10.2 Å². The Morgan fingerprint density at radius 3 is 2.76 bits per heavy atom. The first kappa shape index (κ1) is 16.1. The molecule has 1 aliphatic rings. The van der Waals surface area contributed by atoms with Gasteiger partial charge in [0, 0.05) is 31.3 Å². The summed E-state index contributed by atoms with van der Waals surface area (Å²) in [7, 11) is 1.59. The number of methoxy groups -OCH3 is 1.